The smallest absolute Gasteiger partial charge is 0.406 e. The molecule has 1 heterocycles. The maximum Gasteiger partial charge on any atom is 0.573 e. The van der Waals surface area contributed by atoms with Crippen molar-refractivity contribution in [2.45, 2.75) is 12.9 Å². The van der Waals surface area contributed by atoms with Gasteiger partial charge in [0.15, 0.2) is 5.78 Å². The van der Waals surface area contributed by atoms with Gasteiger partial charge in [0.2, 0.25) is 0 Å². The SMILES string of the molecule is O=C1C=CC=C2C(=O)N(Cc3ccc(OC(F)(F)F)cc3)CC12. The summed E-state index contributed by atoms with van der Waals surface area (Å²) in [5.41, 5.74) is 1.13. The molecule has 1 aliphatic heterocycles. The molecule has 0 spiro atoms. The summed E-state index contributed by atoms with van der Waals surface area (Å²) < 4.78 is 40.1. The molecule has 7 heteroatoms. The number of amides is 1. The van der Waals surface area contributed by atoms with E-state index in [9.17, 15) is 22.8 Å². The molecular weight excluding hydrogens is 311 g/mol. The van der Waals surface area contributed by atoms with Crippen LogP contribution in [-0.4, -0.2) is 29.5 Å². The number of nitrogens with zero attached hydrogens (tertiary/aromatic N) is 1. The number of hydrogen-bond donors (Lipinski definition) is 0. The minimum absolute atomic E-state index is 0.104. The number of benzene rings is 1. The topological polar surface area (TPSA) is 46.6 Å². The number of carbonyl (C=O) groups is 2. The lowest BCUT2D eigenvalue weighted by atomic mass is 9.93. The van der Waals surface area contributed by atoms with E-state index in [1.54, 1.807) is 12.2 Å². The van der Waals surface area contributed by atoms with Gasteiger partial charge >= 0.3 is 6.36 Å². The average Bonchev–Trinajstić information content (AvgIpc) is 2.78. The van der Waals surface area contributed by atoms with E-state index in [2.05, 4.69) is 4.74 Å². The number of fused-ring (bicyclic) bond motifs is 1. The first-order valence-corrected chi connectivity index (χ1v) is 6.89. The summed E-state index contributed by atoms with van der Waals surface area (Å²) in [5.74, 6) is -1.08. The zero-order valence-corrected chi connectivity index (χ0v) is 11.8. The van der Waals surface area contributed by atoms with Crippen LogP contribution in [-0.2, 0) is 16.1 Å². The zero-order valence-electron chi connectivity index (χ0n) is 11.8. The average molecular weight is 323 g/mol. The molecule has 2 aliphatic rings. The van der Waals surface area contributed by atoms with Gasteiger partial charge in [-0.2, -0.15) is 0 Å². The molecule has 1 aromatic rings. The van der Waals surface area contributed by atoms with Crippen molar-refractivity contribution in [1.29, 1.82) is 0 Å². The molecule has 1 unspecified atom stereocenters. The molecular formula is C16H12F3NO3. The standard InChI is InChI=1S/C16H12F3NO3/c17-16(18,19)23-11-6-4-10(5-7-11)8-20-9-13-12(15(20)22)2-1-3-14(13)21/h1-7,13H,8-9H2. The van der Waals surface area contributed by atoms with Crippen molar-refractivity contribution in [1.82, 2.24) is 4.90 Å². The Kier molecular flexibility index (Phi) is 3.71. The number of hydrogen-bond acceptors (Lipinski definition) is 3. The van der Waals surface area contributed by atoms with E-state index in [0.717, 1.165) is 0 Å². The number of carbonyl (C=O) groups excluding carboxylic acids is 2. The van der Waals surface area contributed by atoms with Gasteiger partial charge in [-0.05, 0) is 23.8 Å². The van der Waals surface area contributed by atoms with Crippen LogP contribution in [0.5, 0.6) is 5.75 Å². The first kappa shape index (κ1) is 15.3. The van der Waals surface area contributed by atoms with E-state index in [4.69, 9.17) is 0 Å². The van der Waals surface area contributed by atoms with E-state index in [1.807, 2.05) is 0 Å². The van der Waals surface area contributed by atoms with Gasteiger partial charge in [-0.15, -0.1) is 13.2 Å². The Labute approximate surface area is 129 Å². The van der Waals surface area contributed by atoms with Crippen LogP contribution in [0.4, 0.5) is 13.2 Å². The maximum absolute atomic E-state index is 12.2. The van der Waals surface area contributed by atoms with Crippen molar-refractivity contribution in [3.8, 4) is 5.75 Å². The molecule has 1 saturated heterocycles. The molecule has 1 aromatic carbocycles. The van der Waals surface area contributed by atoms with Gasteiger partial charge in [-0.1, -0.05) is 24.3 Å². The van der Waals surface area contributed by atoms with Gasteiger partial charge in [-0.3, -0.25) is 9.59 Å². The van der Waals surface area contributed by atoms with Crippen LogP contribution < -0.4 is 4.74 Å². The summed E-state index contributed by atoms with van der Waals surface area (Å²) in [6.45, 7) is 0.515. The molecule has 23 heavy (non-hydrogen) atoms. The van der Waals surface area contributed by atoms with Crippen LogP contribution >= 0.6 is 0 Å². The van der Waals surface area contributed by atoms with Crippen molar-refractivity contribution in [3.05, 3.63) is 53.6 Å². The quantitative estimate of drug-likeness (QED) is 0.859. The van der Waals surface area contributed by atoms with Crippen LogP contribution in [0, 0.1) is 5.92 Å². The van der Waals surface area contributed by atoms with Crippen molar-refractivity contribution >= 4 is 11.7 Å². The van der Waals surface area contributed by atoms with Gasteiger partial charge in [0.1, 0.15) is 5.75 Å². The molecule has 1 aliphatic carbocycles. The maximum atomic E-state index is 12.2. The number of likely N-dealkylation sites (tertiary alicyclic amines) is 1. The Balaban J connectivity index is 1.69. The number of rotatable bonds is 3. The number of alkyl halides is 3. The fourth-order valence-electron chi connectivity index (χ4n) is 2.68. The van der Waals surface area contributed by atoms with Crippen LogP contribution in [0.2, 0.25) is 0 Å². The minimum Gasteiger partial charge on any atom is -0.406 e. The molecule has 0 aromatic heterocycles. The van der Waals surface area contributed by atoms with Gasteiger partial charge in [0, 0.05) is 18.7 Å². The summed E-state index contributed by atoms with van der Waals surface area (Å²) >= 11 is 0. The normalized spacial score (nSPS) is 20.6. The van der Waals surface area contributed by atoms with E-state index in [0.29, 0.717) is 11.1 Å². The van der Waals surface area contributed by atoms with Gasteiger partial charge in [-0.25, -0.2) is 0 Å². The highest BCUT2D eigenvalue weighted by Gasteiger charge is 2.39. The molecule has 120 valence electrons. The molecule has 3 rings (SSSR count). The van der Waals surface area contributed by atoms with E-state index in [-0.39, 0.29) is 30.5 Å². The molecule has 0 N–H and O–H groups in total. The van der Waals surface area contributed by atoms with Crippen molar-refractivity contribution in [2.24, 2.45) is 5.92 Å². The predicted molar refractivity (Wildman–Crippen MR) is 74.3 cm³/mol. The van der Waals surface area contributed by atoms with E-state index < -0.39 is 12.3 Å². The largest absolute Gasteiger partial charge is 0.573 e. The van der Waals surface area contributed by atoms with E-state index >= 15 is 0 Å². The van der Waals surface area contributed by atoms with Crippen LogP contribution in [0.3, 0.4) is 0 Å². The van der Waals surface area contributed by atoms with Gasteiger partial charge in [0.25, 0.3) is 5.91 Å². The highest BCUT2D eigenvalue weighted by molar-refractivity contribution is 6.08. The van der Waals surface area contributed by atoms with Crippen molar-refractivity contribution in [3.63, 3.8) is 0 Å². The first-order chi connectivity index (χ1) is 10.8. The van der Waals surface area contributed by atoms with Crippen LogP contribution in [0.25, 0.3) is 0 Å². The number of allylic oxidation sites excluding steroid dienone is 3. The zero-order chi connectivity index (χ0) is 16.6. The second kappa shape index (κ2) is 5.57. The number of ketones is 1. The van der Waals surface area contributed by atoms with Crippen molar-refractivity contribution < 1.29 is 27.5 Å². The summed E-state index contributed by atoms with van der Waals surface area (Å²) in [6, 6.07) is 5.32. The Bertz CT molecular complexity index is 704. The second-order valence-electron chi connectivity index (χ2n) is 5.31. The Hall–Kier alpha value is -2.57. The Morgan fingerprint density at radius 1 is 1.17 bits per heavy atom. The van der Waals surface area contributed by atoms with E-state index in [1.165, 1.54) is 35.2 Å². The number of halogens is 3. The molecule has 0 radical (unpaired) electrons. The summed E-state index contributed by atoms with van der Waals surface area (Å²) in [5, 5.41) is 0. The summed E-state index contributed by atoms with van der Waals surface area (Å²) in [4.78, 5) is 25.5. The molecule has 1 fully saturated rings. The molecule has 0 saturated carbocycles. The summed E-state index contributed by atoms with van der Waals surface area (Å²) in [6.07, 6.45) is -0.107. The minimum atomic E-state index is -4.73. The first-order valence-electron chi connectivity index (χ1n) is 6.89. The lowest BCUT2D eigenvalue weighted by Crippen LogP contribution is -2.25. The van der Waals surface area contributed by atoms with Crippen LogP contribution in [0.1, 0.15) is 5.56 Å². The van der Waals surface area contributed by atoms with Gasteiger partial charge < -0.3 is 9.64 Å². The Morgan fingerprint density at radius 3 is 2.48 bits per heavy atom. The fourth-order valence-corrected chi connectivity index (χ4v) is 2.68. The highest BCUT2D eigenvalue weighted by atomic mass is 19.4. The highest BCUT2D eigenvalue weighted by Crippen LogP contribution is 2.29. The molecule has 1 amide bonds. The third-order valence-electron chi connectivity index (χ3n) is 3.72. The lowest BCUT2D eigenvalue weighted by Gasteiger charge is -2.16. The molecule has 4 nitrogen and oxygen atoms in total. The fraction of sp³-hybridized carbons (Fsp3) is 0.250. The van der Waals surface area contributed by atoms with Gasteiger partial charge in [0.05, 0.1) is 5.92 Å². The third kappa shape index (κ3) is 3.28. The summed E-state index contributed by atoms with van der Waals surface area (Å²) in [7, 11) is 0. The molecule has 0 bridgehead atoms. The molecule has 1 atom stereocenters. The van der Waals surface area contributed by atoms with Crippen molar-refractivity contribution in [2.75, 3.05) is 6.54 Å². The Morgan fingerprint density at radius 2 is 1.87 bits per heavy atom. The third-order valence-corrected chi connectivity index (χ3v) is 3.72. The number of ether oxygens (including phenoxy) is 1. The second-order valence-corrected chi connectivity index (χ2v) is 5.31. The van der Waals surface area contributed by atoms with Crippen LogP contribution in [0.15, 0.2) is 48.1 Å². The monoisotopic (exact) mass is 323 g/mol. The lowest BCUT2D eigenvalue weighted by molar-refractivity contribution is -0.274. The predicted octanol–water partition coefficient (Wildman–Crippen LogP) is 2.61.